The first-order chi connectivity index (χ1) is 20.4. The number of ether oxygens (including phenoxy) is 1. The number of carbonyl (C=O) groups excluding carboxylic acids is 3. The van der Waals surface area contributed by atoms with Gasteiger partial charge in [0.1, 0.15) is 12.4 Å². The van der Waals surface area contributed by atoms with Crippen LogP contribution in [0.4, 0.5) is 0 Å². The molecule has 1 heterocycles. The van der Waals surface area contributed by atoms with Crippen LogP contribution in [0.15, 0.2) is 24.3 Å². The van der Waals surface area contributed by atoms with Crippen molar-refractivity contribution < 1.29 is 24.2 Å². The van der Waals surface area contributed by atoms with Gasteiger partial charge >= 0.3 is 0 Å². The Kier molecular flexibility index (Phi) is 21.4. The van der Waals surface area contributed by atoms with Crippen molar-refractivity contribution in [3.8, 4) is 5.75 Å². The summed E-state index contributed by atoms with van der Waals surface area (Å²) in [5, 5.41) is 17.0. The minimum Gasteiger partial charge on any atom is -0.491 e. The summed E-state index contributed by atoms with van der Waals surface area (Å²) in [6, 6.07) is 6.72. The van der Waals surface area contributed by atoms with Crippen LogP contribution < -0.4 is 21.1 Å². The summed E-state index contributed by atoms with van der Waals surface area (Å²) in [5.74, 6) is 0.453. The highest BCUT2D eigenvalue weighted by molar-refractivity contribution is 5.96. The van der Waals surface area contributed by atoms with Gasteiger partial charge in [-0.25, -0.2) is 0 Å². The molecular weight excluding hydrogens is 617 g/mol. The largest absolute Gasteiger partial charge is 0.491 e. The molecule has 0 aromatic heterocycles. The number of nitrogens with two attached hydrogens (primary N) is 1. The van der Waals surface area contributed by atoms with Gasteiger partial charge in [0.15, 0.2) is 0 Å². The fourth-order valence-electron chi connectivity index (χ4n) is 5.40. The van der Waals surface area contributed by atoms with Gasteiger partial charge in [-0.3, -0.25) is 19.3 Å². The summed E-state index contributed by atoms with van der Waals surface area (Å²) in [5.41, 5.74) is 6.95. The Morgan fingerprint density at radius 1 is 0.978 bits per heavy atom. The number of halogens is 2. The Bertz CT molecular complexity index is 1010. The molecule has 12 heteroatoms. The number of unbranched alkanes of at least 4 members (excludes halogenated alkanes) is 1. The Balaban J connectivity index is 0.00000968. The zero-order valence-electron chi connectivity index (χ0n) is 28.1. The van der Waals surface area contributed by atoms with Crippen LogP contribution in [0.1, 0.15) is 77.6 Å². The lowest BCUT2D eigenvalue weighted by atomic mass is 9.83. The third-order valence-corrected chi connectivity index (χ3v) is 8.62. The van der Waals surface area contributed by atoms with Gasteiger partial charge in [-0.2, -0.15) is 0 Å². The Morgan fingerprint density at radius 3 is 2.20 bits per heavy atom. The van der Waals surface area contributed by atoms with E-state index in [2.05, 4.69) is 36.3 Å². The highest BCUT2D eigenvalue weighted by Gasteiger charge is 2.30. The molecule has 0 radical (unpaired) electrons. The number of aliphatic hydroxyl groups is 1. The molecule has 1 aromatic carbocycles. The summed E-state index contributed by atoms with van der Waals surface area (Å²) in [7, 11) is 0. The minimum absolute atomic E-state index is 0. The van der Waals surface area contributed by atoms with Gasteiger partial charge < -0.3 is 31.1 Å². The number of amides is 3. The number of piperazine rings is 1. The molecule has 45 heavy (non-hydrogen) atoms. The van der Waals surface area contributed by atoms with Crippen molar-refractivity contribution in [2.45, 2.75) is 79.4 Å². The van der Waals surface area contributed by atoms with Crippen molar-refractivity contribution in [3.05, 3.63) is 29.8 Å². The monoisotopic (exact) mass is 675 g/mol. The van der Waals surface area contributed by atoms with Crippen molar-refractivity contribution in [1.82, 2.24) is 20.4 Å². The Labute approximate surface area is 283 Å². The van der Waals surface area contributed by atoms with E-state index in [0.717, 1.165) is 45.6 Å². The number of hydrogen-bond acceptors (Lipinski definition) is 7. The maximum Gasteiger partial charge on any atom is 0.255 e. The van der Waals surface area contributed by atoms with Crippen LogP contribution in [-0.4, -0.2) is 97.2 Å². The Morgan fingerprint density at radius 2 is 1.62 bits per heavy atom. The van der Waals surface area contributed by atoms with E-state index in [9.17, 15) is 19.5 Å². The van der Waals surface area contributed by atoms with Crippen LogP contribution in [0.2, 0.25) is 0 Å². The fourth-order valence-corrected chi connectivity index (χ4v) is 5.40. The second kappa shape index (κ2) is 22.4. The second-order valence-electron chi connectivity index (χ2n) is 12.6. The molecular formula is C33H59Cl2N5O5. The lowest BCUT2D eigenvalue weighted by Crippen LogP contribution is -2.48. The first kappa shape index (κ1) is 42.9. The van der Waals surface area contributed by atoms with Crippen LogP contribution >= 0.6 is 24.8 Å². The summed E-state index contributed by atoms with van der Waals surface area (Å²) >= 11 is 0. The third-order valence-electron chi connectivity index (χ3n) is 8.62. The standard InChI is InChI=1S/C33H57N5O5.2ClH/c1-7-8-13-35-33(42)28(24(4)5)21-30(40)29(34)20-26(23(2)3)22-36-32(41)27-11-9-10-12-31(27)43-19-18-37-14-16-38(17-15-37)25(6)39;;/h9-12,23-24,26,28-30,40H,7-8,13-22,34H2,1-6H3,(H,35,42)(H,36,41);2*1H/t26-,28+,29+,30+;;/m1../s1. The van der Waals surface area contributed by atoms with E-state index in [4.69, 9.17) is 10.5 Å². The maximum atomic E-state index is 13.2. The van der Waals surface area contributed by atoms with Crippen LogP contribution in [0.25, 0.3) is 0 Å². The number of hydrogen-bond donors (Lipinski definition) is 4. The molecule has 0 bridgehead atoms. The summed E-state index contributed by atoms with van der Waals surface area (Å²) in [4.78, 5) is 41.6. The summed E-state index contributed by atoms with van der Waals surface area (Å²) in [6.45, 7) is 17.1. The number of aliphatic hydroxyl groups excluding tert-OH is 1. The summed E-state index contributed by atoms with van der Waals surface area (Å²) in [6.07, 6.45) is 1.95. The highest BCUT2D eigenvalue weighted by Crippen LogP contribution is 2.24. The highest BCUT2D eigenvalue weighted by atomic mass is 35.5. The lowest BCUT2D eigenvalue weighted by molar-refractivity contribution is -0.130. The molecule has 5 N–H and O–H groups in total. The van der Waals surface area contributed by atoms with Gasteiger partial charge in [0.2, 0.25) is 11.8 Å². The van der Waals surface area contributed by atoms with Crippen molar-refractivity contribution >= 4 is 42.5 Å². The molecule has 260 valence electrons. The number of para-hydroxylation sites is 1. The summed E-state index contributed by atoms with van der Waals surface area (Å²) < 4.78 is 6.02. The molecule has 2 rings (SSSR count). The van der Waals surface area contributed by atoms with Crippen molar-refractivity contribution in [2.75, 3.05) is 52.4 Å². The van der Waals surface area contributed by atoms with Gasteiger partial charge in [0.25, 0.3) is 5.91 Å². The quantitative estimate of drug-likeness (QED) is 0.174. The number of carbonyl (C=O) groups is 3. The number of nitrogens with one attached hydrogen (secondary N) is 2. The third kappa shape index (κ3) is 14.9. The van der Waals surface area contributed by atoms with E-state index in [-0.39, 0.29) is 66.2 Å². The van der Waals surface area contributed by atoms with E-state index >= 15 is 0 Å². The van der Waals surface area contributed by atoms with Gasteiger partial charge in [-0.1, -0.05) is 53.2 Å². The first-order valence-corrected chi connectivity index (χ1v) is 16.1. The second-order valence-corrected chi connectivity index (χ2v) is 12.6. The normalized spacial score (nSPS) is 16.2. The number of rotatable bonds is 18. The van der Waals surface area contributed by atoms with Gasteiger partial charge in [0, 0.05) is 64.7 Å². The van der Waals surface area contributed by atoms with Crippen LogP contribution in [-0.2, 0) is 9.59 Å². The predicted molar refractivity (Wildman–Crippen MR) is 185 cm³/mol. The topological polar surface area (TPSA) is 137 Å². The molecule has 1 aromatic rings. The maximum absolute atomic E-state index is 13.2. The minimum atomic E-state index is -0.819. The van der Waals surface area contributed by atoms with Gasteiger partial charge in [-0.15, -0.1) is 24.8 Å². The first-order valence-electron chi connectivity index (χ1n) is 16.1. The van der Waals surface area contributed by atoms with Crippen molar-refractivity contribution in [1.29, 1.82) is 0 Å². The van der Waals surface area contributed by atoms with Crippen LogP contribution in [0.3, 0.4) is 0 Å². The number of nitrogens with zero attached hydrogens (tertiary/aromatic N) is 2. The molecule has 4 atom stereocenters. The number of benzene rings is 1. The van der Waals surface area contributed by atoms with Crippen molar-refractivity contribution in [3.63, 3.8) is 0 Å². The molecule has 1 saturated heterocycles. The van der Waals surface area contributed by atoms with E-state index < -0.39 is 12.1 Å². The predicted octanol–water partition coefficient (Wildman–Crippen LogP) is 3.73. The van der Waals surface area contributed by atoms with E-state index in [0.29, 0.717) is 43.9 Å². The van der Waals surface area contributed by atoms with Crippen LogP contribution in [0, 0.1) is 23.7 Å². The van der Waals surface area contributed by atoms with E-state index in [1.54, 1.807) is 19.1 Å². The van der Waals surface area contributed by atoms with Crippen LogP contribution in [0.5, 0.6) is 5.75 Å². The zero-order chi connectivity index (χ0) is 31.9. The molecule has 1 fully saturated rings. The molecule has 3 amide bonds. The van der Waals surface area contributed by atoms with E-state index in [1.165, 1.54) is 0 Å². The van der Waals surface area contributed by atoms with Crippen molar-refractivity contribution in [2.24, 2.45) is 29.4 Å². The Hall–Kier alpha value is -2.11. The average molecular weight is 677 g/mol. The molecule has 0 unspecified atom stereocenters. The zero-order valence-corrected chi connectivity index (χ0v) is 29.8. The molecule has 0 aliphatic carbocycles. The molecule has 1 aliphatic heterocycles. The molecule has 1 aliphatic rings. The van der Waals surface area contributed by atoms with Gasteiger partial charge in [0.05, 0.1) is 11.7 Å². The SMILES string of the molecule is CCCCNC(=O)[C@@H](C[C@H](O)[C@@H](N)C[C@H](CNC(=O)c1ccccc1OCCN1CCN(C(C)=O)CC1)C(C)C)C(C)C.Cl.Cl. The molecule has 0 saturated carbocycles. The molecule has 0 spiro atoms. The fraction of sp³-hybridized carbons (Fsp3) is 0.727. The van der Waals surface area contributed by atoms with E-state index in [1.807, 2.05) is 30.9 Å². The average Bonchev–Trinajstić information content (AvgIpc) is 2.97. The lowest BCUT2D eigenvalue weighted by Gasteiger charge is -2.34. The van der Waals surface area contributed by atoms with Gasteiger partial charge in [-0.05, 0) is 49.1 Å². The smallest absolute Gasteiger partial charge is 0.255 e. The molecule has 10 nitrogen and oxygen atoms in total.